The molecular formula is C24H23N3O3S3. The second-order valence-electron chi connectivity index (χ2n) is 7.57. The van der Waals surface area contributed by atoms with Crippen molar-refractivity contribution in [1.82, 2.24) is 14.1 Å². The van der Waals surface area contributed by atoms with Crippen LogP contribution in [0.2, 0.25) is 0 Å². The minimum absolute atomic E-state index is 0.121. The highest BCUT2D eigenvalue weighted by atomic mass is 32.2. The molecule has 33 heavy (non-hydrogen) atoms. The van der Waals surface area contributed by atoms with Gasteiger partial charge in [-0.25, -0.2) is 4.98 Å². The number of hydrogen-bond donors (Lipinski definition) is 0. The van der Waals surface area contributed by atoms with Crippen molar-refractivity contribution in [1.29, 1.82) is 0 Å². The van der Waals surface area contributed by atoms with E-state index in [2.05, 4.69) is 0 Å². The van der Waals surface area contributed by atoms with E-state index >= 15 is 0 Å². The molecule has 0 saturated carbocycles. The zero-order chi connectivity index (χ0) is 22.8. The number of nitrogens with zero attached hydrogens (tertiary/aromatic N) is 3. The molecule has 2 aromatic carbocycles. The van der Waals surface area contributed by atoms with Crippen LogP contribution in [-0.2, 0) is 4.74 Å². The molecule has 1 unspecified atom stereocenters. The fraction of sp³-hybridized carbons (Fsp3) is 0.292. The van der Waals surface area contributed by atoms with E-state index in [4.69, 9.17) is 26.7 Å². The Morgan fingerprint density at radius 3 is 2.73 bits per heavy atom. The number of hydrogen-bond acceptors (Lipinski definition) is 7. The monoisotopic (exact) mass is 497 g/mol. The van der Waals surface area contributed by atoms with Crippen molar-refractivity contribution in [2.45, 2.75) is 31.0 Å². The van der Waals surface area contributed by atoms with Gasteiger partial charge in [0.2, 0.25) is 0 Å². The lowest BCUT2D eigenvalue weighted by Crippen LogP contribution is -2.22. The molecule has 1 fully saturated rings. The van der Waals surface area contributed by atoms with Gasteiger partial charge in [-0.15, -0.1) is 0 Å². The van der Waals surface area contributed by atoms with Crippen molar-refractivity contribution in [2.24, 2.45) is 0 Å². The Hall–Kier alpha value is -2.46. The quantitative estimate of drug-likeness (QED) is 0.187. The summed E-state index contributed by atoms with van der Waals surface area (Å²) in [6.45, 7) is 3.27. The number of para-hydroxylation sites is 3. The van der Waals surface area contributed by atoms with Gasteiger partial charge in [-0.1, -0.05) is 53.4 Å². The van der Waals surface area contributed by atoms with Gasteiger partial charge in [-0.3, -0.25) is 13.9 Å². The largest absolute Gasteiger partial charge is 0.492 e. The van der Waals surface area contributed by atoms with Crippen molar-refractivity contribution in [3.8, 4) is 17.1 Å². The van der Waals surface area contributed by atoms with Gasteiger partial charge in [0.15, 0.2) is 14.8 Å². The average molecular weight is 498 g/mol. The van der Waals surface area contributed by atoms with Gasteiger partial charge in [0.25, 0.3) is 5.56 Å². The second-order valence-corrected chi connectivity index (χ2v) is 10.2. The molecule has 0 amide bonds. The van der Waals surface area contributed by atoms with Crippen molar-refractivity contribution in [3.63, 3.8) is 0 Å². The molecule has 170 valence electrons. The Morgan fingerprint density at radius 1 is 1.18 bits per heavy atom. The minimum atomic E-state index is -0.121. The van der Waals surface area contributed by atoms with E-state index in [1.165, 1.54) is 11.3 Å². The van der Waals surface area contributed by atoms with Crippen LogP contribution in [0.5, 0.6) is 5.75 Å². The standard InChI is InChI=1S/C24H23N3O3S3/c1-2-29-19-13-7-6-12-18(19)27-21-20(33-24(27)31)22(28)26(16-9-4-3-5-10-16)23(25-21)32-15-17-11-8-14-30-17/h3-7,9-10,12-13,17H,2,8,11,14-15H2,1H3. The molecule has 3 heterocycles. The average Bonchev–Trinajstić information content (AvgIpc) is 3.47. The van der Waals surface area contributed by atoms with Crippen LogP contribution in [0.1, 0.15) is 19.8 Å². The van der Waals surface area contributed by atoms with Crippen LogP contribution in [0, 0.1) is 3.95 Å². The minimum Gasteiger partial charge on any atom is -0.492 e. The zero-order valence-corrected chi connectivity index (χ0v) is 20.5. The Kier molecular flexibility index (Phi) is 6.64. The molecule has 9 heteroatoms. The van der Waals surface area contributed by atoms with E-state index in [9.17, 15) is 4.79 Å². The molecule has 0 radical (unpaired) electrons. The van der Waals surface area contributed by atoms with Crippen LogP contribution in [0.15, 0.2) is 64.5 Å². The third-order valence-electron chi connectivity index (χ3n) is 5.42. The summed E-state index contributed by atoms with van der Waals surface area (Å²) in [5.74, 6) is 1.45. The number of thioether (sulfide) groups is 1. The predicted molar refractivity (Wildman–Crippen MR) is 136 cm³/mol. The smallest absolute Gasteiger partial charge is 0.278 e. The maximum absolute atomic E-state index is 13.8. The van der Waals surface area contributed by atoms with Gasteiger partial charge >= 0.3 is 0 Å². The summed E-state index contributed by atoms with van der Waals surface area (Å²) < 4.78 is 16.3. The summed E-state index contributed by atoms with van der Waals surface area (Å²) in [6, 6.07) is 17.3. The highest BCUT2D eigenvalue weighted by Crippen LogP contribution is 2.32. The predicted octanol–water partition coefficient (Wildman–Crippen LogP) is 5.64. The van der Waals surface area contributed by atoms with Gasteiger partial charge < -0.3 is 9.47 Å². The van der Waals surface area contributed by atoms with Gasteiger partial charge in [0.1, 0.15) is 10.4 Å². The van der Waals surface area contributed by atoms with Gasteiger partial charge in [0.05, 0.1) is 24.1 Å². The summed E-state index contributed by atoms with van der Waals surface area (Å²) in [6.07, 6.45) is 2.28. The maximum Gasteiger partial charge on any atom is 0.278 e. The third kappa shape index (κ3) is 4.38. The van der Waals surface area contributed by atoms with Crippen LogP contribution < -0.4 is 10.3 Å². The second kappa shape index (κ2) is 9.80. The number of aromatic nitrogens is 3. The van der Waals surface area contributed by atoms with Crippen LogP contribution in [-0.4, -0.2) is 39.2 Å². The molecule has 1 atom stereocenters. The van der Waals surface area contributed by atoms with Crippen LogP contribution in [0.4, 0.5) is 0 Å². The number of ether oxygens (including phenoxy) is 2. The number of fused-ring (bicyclic) bond motifs is 1. The Balaban J connectivity index is 1.72. The Labute approximate surface area is 204 Å². The molecule has 5 rings (SSSR count). The normalized spacial score (nSPS) is 15.8. The molecule has 0 spiro atoms. The van der Waals surface area contributed by atoms with Crippen molar-refractivity contribution in [2.75, 3.05) is 19.0 Å². The first-order chi connectivity index (χ1) is 16.2. The fourth-order valence-corrected chi connectivity index (χ4v) is 6.27. The SMILES string of the molecule is CCOc1ccccc1-n1c(=S)sc2c(=O)n(-c3ccccc3)c(SCC3CCCO3)nc21. The molecule has 1 aliphatic heterocycles. The number of benzene rings is 2. The summed E-state index contributed by atoms with van der Waals surface area (Å²) in [5.41, 5.74) is 2.01. The molecule has 0 bridgehead atoms. The highest BCUT2D eigenvalue weighted by Gasteiger charge is 2.22. The molecule has 1 aliphatic rings. The first-order valence-electron chi connectivity index (χ1n) is 10.9. The molecule has 6 nitrogen and oxygen atoms in total. The third-order valence-corrected chi connectivity index (χ3v) is 7.84. The van der Waals surface area contributed by atoms with E-state index < -0.39 is 0 Å². The van der Waals surface area contributed by atoms with Crippen LogP contribution in [0.25, 0.3) is 21.7 Å². The summed E-state index contributed by atoms with van der Waals surface area (Å²) >= 11 is 8.53. The topological polar surface area (TPSA) is 58.3 Å². The number of thiazole rings is 1. The van der Waals surface area contributed by atoms with Crippen molar-refractivity contribution < 1.29 is 9.47 Å². The molecular weight excluding hydrogens is 474 g/mol. The lowest BCUT2D eigenvalue weighted by molar-refractivity contribution is 0.129. The lowest BCUT2D eigenvalue weighted by Gasteiger charge is -2.15. The Morgan fingerprint density at radius 2 is 1.97 bits per heavy atom. The fourth-order valence-electron chi connectivity index (χ4n) is 3.91. The molecule has 4 aromatic rings. The lowest BCUT2D eigenvalue weighted by atomic mass is 10.3. The van der Waals surface area contributed by atoms with Gasteiger partial charge in [0, 0.05) is 12.4 Å². The van der Waals surface area contributed by atoms with Crippen molar-refractivity contribution >= 4 is 45.7 Å². The Bertz CT molecular complexity index is 1390. The summed E-state index contributed by atoms with van der Waals surface area (Å²) in [7, 11) is 0. The maximum atomic E-state index is 13.8. The molecule has 0 aliphatic carbocycles. The first kappa shape index (κ1) is 22.3. The molecule has 0 N–H and O–H groups in total. The van der Waals surface area contributed by atoms with E-state index in [1.54, 1.807) is 16.3 Å². The van der Waals surface area contributed by atoms with Gasteiger partial charge in [-0.05, 0) is 56.2 Å². The van der Waals surface area contributed by atoms with E-state index in [-0.39, 0.29) is 11.7 Å². The molecule has 1 saturated heterocycles. The summed E-state index contributed by atoms with van der Waals surface area (Å²) in [5, 5.41) is 0.629. The van der Waals surface area contributed by atoms with E-state index in [0.717, 1.165) is 36.6 Å². The zero-order valence-electron chi connectivity index (χ0n) is 18.1. The van der Waals surface area contributed by atoms with Gasteiger partial charge in [-0.2, -0.15) is 0 Å². The van der Waals surface area contributed by atoms with E-state index in [0.29, 0.717) is 31.8 Å². The van der Waals surface area contributed by atoms with Crippen LogP contribution >= 0.6 is 35.3 Å². The van der Waals surface area contributed by atoms with Crippen molar-refractivity contribution in [3.05, 3.63) is 68.9 Å². The summed E-state index contributed by atoms with van der Waals surface area (Å²) in [4.78, 5) is 18.7. The van der Waals surface area contributed by atoms with Crippen LogP contribution in [0.3, 0.4) is 0 Å². The molecule has 2 aromatic heterocycles. The number of rotatable bonds is 7. The van der Waals surface area contributed by atoms with E-state index in [1.807, 2.05) is 66.1 Å². The highest BCUT2D eigenvalue weighted by molar-refractivity contribution is 7.99. The first-order valence-corrected chi connectivity index (χ1v) is 13.1.